The fourth-order valence-corrected chi connectivity index (χ4v) is 4.98. The average molecular weight is 633 g/mol. The number of pyridine rings is 1. The van der Waals surface area contributed by atoms with Crippen LogP contribution in [0.5, 0.6) is 17.2 Å². The van der Waals surface area contributed by atoms with Crippen LogP contribution in [-0.2, 0) is 4.43 Å². The number of β-amino-alcohol motifs (C(OH)–C–C–N with tert-alkyl or cyclic N) is 1. The molecule has 1 atom stereocenters. The molecule has 11 heteroatoms. The summed E-state index contributed by atoms with van der Waals surface area (Å²) in [5.74, 6) is 1.13. The van der Waals surface area contributed by atoms with Crippen molar-refractivity contribution in [1.82, 2.24) is 20.5 Å². The van der Waals surface area contributed by atoms with Crippen molar-refractivity contribution < 1.29 is 24.2 Å². The SMILES string of the molecule is CNC(=O)Nc1ccc(Oc2ccnc3cc(OC[C@H](O)CN4CCCC4)c(C(=O)NC)cc23)cc1CI. The molecule has 1 aliphatic rings. The Balaban J connectivity index is 1.59. The van der Waals surface area contributed by atoms with Crippen LogP contribution in [0.3, 0.4) is 0 Å². The minimum atomic E-state index is -0.670. The molecule has 0 bridgehead atoms. The van der Waals surface area contributed by atoms with Crippen molar-refractivity contribution in [2.75, 3.05) is 45.7 Å². The topological polar surface area (TPSA) is 125 Å². The molecule has 1 aliphatic heterocycles. The van der Waals surface area contributed by atoms with E-state index in [4.69, 9.17) is 9.47 Å². The zero-order chi connectivity index (χ0) is 27.1. The summed E-state index contributed by atoms with van der Waals surface area (Å²) >= 11 is 2.23. The molecular formula is C27H32IN5O5. The number of ether oxygens (including phenoxy) is 2. The van der Waals surface area contributed by atoms with E-state index >= 15 is 0 Å². The zero-order valence-corrected chi connectivity index (χ0v) is 23.6. The Labute approximate surface area is 235 Å². The van der Waals surface area contributed by atoms with Gasteiger partial charge in [0, 0.05) is 48.4 Å². The third kappa shape index (κ3) is 6.83. The van der Waals surface area contributed by atoms with Crippen LogP contribution in [0.1, 0.15) is 28.8 Å². The number of anilines is 1. The van der Waals surface area contributed by atoms with Crippen molar-refractivity contribution in [1.29, 1.82) is 0 Å². The van der Waals surface area contributed by atoms with E-state index in [1.807, 2.05) is 6.07 Å². The van der Waals surface area contributed by atoms with Crippen molar-refractivity contribution in [3.63, 3.8) is 0 Å². The van der Waals surface area contributed by atoms with E-state index in [0.717, 1.165) is 31.5 Å². The third-order valence-electron chi connectivity index (χ3n) is 6.30. The summed E-state index contributed by atoms with van der Waals surface area (Å²) in [6.07, 6.45) is 3.25. The Morgan fingerprint density at radius 1 is 1.11 bits per heavy atom. The second kappa shape index (κ2) is 13.1. The molecule has 2 heterocycles. The highest BCUT2D eigenvalue weighted by molar-refractivity contribution is 14.1. The number of rotatable bonds is 10. The van der Waals surface area contributed by atoms with Gasteiger partial charge in [0.2, 0.25) is 0 Å². The molecule has 4 N–H and O–H groups in total. The maximum absolute atomic E-state index is 12.7. The molecule has 0 aliphatic carbocycles. The number of benzene rings is 2. The molecule has 1 saturated heterocycles. The first-order chi connectivity index (χ1) is 18.4. The predicted octanol–water partition coefficient (Wildman–Crippen LogP) is 3.91. The lowest BCUT2D eigenvalue weighted by Gasteiger charge is -2.20. The molecule has 0 spiro atoms. The van der Waals surface area contributed by atoms with Gasteiger partial charge in [-0.1, -0.05) is 22.6 Å². The Kier molecular flexibility index (Phi) is 9.58. The minimum absolute atomic E-state index is 0.0672. The molecule has 10 nitrogen and oxygen atoms in total. The van der Waals surface area contributed by atoms with Gasteiger partial charge in [-0.25, -0.2) is 4.79 Å². The lowest BCUT2D eigenvalue weighted by atomic mass is 10.1. The number of aliphatic hydroxyl groups excluding tert-OH is 1. The number of nitrogens with zero attached hydrogens (tertiary/aromatic N) is 2. The van der Waals surface area contributed by atoms with Gasteiger partial charge >= 0.3 is 6.03 Å². The summed E-state index contributed by atoms with van der Waals surface area (Å²) in [5, 5.41) is 19.1. The molecule has 0 radical (unpaired) electrons. The maximum Gasteiger partial charge on any atom is 0.318 e. The molecule has 202 valence electrons. The van der Waals surface area contributed by atoms with Crippen LogP contribution in [0.15, 0.2) is 42.6 Å². The number of aliphatic hydroxyl groups is 1. The molecule has 1 fully saturated rings. The summed E-state index contributed by atoms with van der Waals surface area (Å²) in [6, 6.07) is 10.2. The minimum Gasteiger partial charge on any atom is -0.490 e. The third-order valence-corrected chi connectivity index (χ3v) is 7.12. The molecule has 0 unspecified atom stereocenters. The molecule has 38 heavy (non-hydrogen) atoms. The van der Waals surface area contributed by atoms with Gasteiger partial charge in [0.1, 0.15) is 30.0 Å². The van der Waals surface area contributed by atoms with Crippen LogP contribution in [0.25, 0.3) is 10.9 Å². The monoisotopic (exact) mass is 633 g/mol. The number of carbonyl (C=O) groups excluding carboxylic acids is 2. The van der Waals surface area contributed by atoms with Gasteiger partial charge in [-0.05, 0) is 61.8 Å². The second-order valence-corrected chi connectivity index (χ2v) is 9.75. The number of alkyl halides is 1. The molecule has 4 rings (SSSR count). The van der Waals surface area contributed by atoms with Gasteiger partial charge < -0.3 is 35.4 Å². The number of hydrogen-bond donors (Lipinski definition) is 4. The zero-order valence-electron chi connectivity index (χ0n) is 21.4. The number of amides is 3. The summed E-state index contributed by atoms with van der Waals surface area (Å²) in [4.78, 5) is 31.2. The number of urea groups is 1. The summed E-state index contributed by atoms with van der Waals surface area (Å²) in [7, 11) is 3.12. The van der Waals surface area contributed by atoms with E-state index in [2.05, 4.69) is 48.4 Å². The van der Waals surface area contributed by atoms with E-state index in [9.17, 15) is 14.7 Å². The highest BCUT2D eigenvalue weighted by Gasteiger charge is 2.20. The summed E-state index contributed by atoms with van der Waals surface area (Å²) in [5.41, 5.74) is 2.51. The lowest BCUT2D eigenvalue weighted by molar-refractivity contribution is 0.0746. The lowest BCUT2D eigenvalue weighted by Crippen LogP contribution is -2.34. The van der Waals surface area contributed by atoms with Gasteiger partial charge in [-0.2, -0.15) is 0 Å². The average Bonchev–Trinajstić information content (AvgIpc) is 3.44. The second-order valence-electron chi connectivity index (χ2n) is 8.99. The van der Waals surface area contributed by atoms with Gasteiger partial charge in [0.25, 0.3) is 5.91 Å². The van der Waals surface area contributed by atoms with Crippen molar-refractivity contribution >= 4 is 51.1 Å². The molecule has 3 amide bonds. The van der Waals surface area contributed by atoms with Gasteiger partial charge in [0.15, 0.2) is 0 Å². The van der Waals surface area contributed by atoms with Crippen molar-refractivity contribution in [2.45, 2.75) is 23.4 Å². The maximum atomic E-state index is 12.7. The van der Waals surface area contributed by atoms with Crippen molar-refractivity contribution in [2.24, 2.45) is 0 Å². The number of aromatic nitrogens is 1. The first-order valence-electron chi connectivity index (χ1n) is 12.5. The smallest absolute Gasteiger partial charge is 0.318 e. The van der Waals surface area contributed by atoms with E-state index < -0.39 is 6.10 Å². The number of fused-ring (bicyclic) bond motifs is 1. The van der Waals surface area contributed by atoms with Crippen LogP contribution < -0.4 is 25.4 Å². The van der Waals surface area contributed by atoms with E-state index in [-0.39, 0.29) is 18.5 Å². The van der Waals surface area contributed by atoms with Crippen LogP contribution in [0.2, 0.25) is 0 Å². The number of nitrogens with one attached hydrogen (secondary N) is 3. The molecule has 0 saturated carbocycles. The van der Waals surface area contributed by atoms with Gasteiger partial charge in [0.05, 0.1) is 11.1 Å². The van der Waals surface area contributed by atoms with Crippen molar-refractivity contribution in [3.8, 4) is 17.2 Å². The van der Waals surface area contributed by atoms with Crippen LogP contribution >= 0.6 is 22.6 Å². The van der Waals surface area contributed by atoms with E-state index in [1.165, 1.54) is 0 Å². The Hall–Kier alpha value is -3.16. The van der Waals surface area contributed by atoms with Crippen LogP contribution in [0, 0.1) is 0 Å². The molecule has 3 aromatic rings. The normalized spacial score (nSPS) is 14.2. The first-order valence-corrected chi connectivity index (χ1v) is 14.0. The Morgan fingerprint density at radius 3 is 2.61 bits per heavy atom. The number of hydrogen-bond acceptors (Lipinski definition) is 7. The fraction of sp³-hybridized carbons (Fsp3) is 0.370. The highest BCUT2D eigenvalue weighted by Crippen LogP contribution is 2.35. The standard InChI is InChI=1S/C27H32IN5O5/c1-29-26(35)21-12-20-23(13-25(21)37-16-18(34)15-33-9-3-4-10-33)31-8-7-24(20)38-19-5-6-22(17(11-19)14-28)32-27(36)30-2/h5-8,11-13,18,34H,3-4,9-10,14-16H2,1-2H3,(H,29,35)(H2,30,32,36)/t18-/m1/s1. The van der Waals surface area contributed by atoms with Crippen LogP contribution in [-0.4, -0.2) is 73.4 Å². The first kappa shape index (κ1) is 27.9. The summed E-state index contributed by atoms with van der Waals surface area (Å²) < 4.78 is 12.8. The van der Waals surface area contributed by atoms with E-state index in [1.54, 1.807) is 50.6 Å². The number of likely N-dealkylation sites (tertiary alicyclic amines) is 1. The quantitative estimate of drug-likeness (QED) is 0.197. The Bertz CT molecular complexity index is 1300. The van der Waals surface area contributed by atoms with Gasteiger partial charge in [-0.3, -0.25) is 9.78 Å². The van der Waals surface area contributed by atoms with Crippen molar-refractivity contribution in [3.05, 3.63) is 53.7 Å². The highest BCUT2D eigenvalue weighted by atomic mass is 127. The van der Waals surface area contributed by atoms with Gasteiger partial charge in [-0.15, -0.1) is 0 Å². The molecule has 2 aromatic carbocycles. The number of carbonyl (C=O) groups is 2. The van der Waals surface area contributed by atoms with Crippen LogP contribution in [0.4, 0.5) is 10.5 Å². The largest absolute Gasteiger partial charge is 0.490 e. The predicted molar refractivity (Wildman–Crippen MR) is 155 cm³/mol. The number of halogens is 1. The fourth-order valence-electron chi connectivity index (χ4n) is 4.35. The molecular weight excluding hydrogens is 601 g/mol. The Morgan fingerprint density at radius 2 is 1.89 bits per heavy atom. The summed E-state index contributed by atoms with van der Waals surface area (Å²) in [6.45, 7) is 2.57. The van der Waals surface area contributed by atoms with E-state index in [0.29, 0.717) is 50.4 Å². The molecule has 1 aromatic heterocycles.